The molecule has 14 nitrogen and oxygen atoms in total. The summed E-state index contributed by atoms with van der Waals surface area (Å²) in [5, 5.41) is 4.81. The molecule has 0 radical (unpaired) electrons. The first-order chi connectivity index (χ1) is 22.2. The van der Waals surface area contributed by atoms with Gasteiger partial charge in [-0.2, -0.15) is 0 Å². The fourth-order valence-corrected chi connectivity index (χ4v) is 7.36. The molecule has 0 spiro atoms. The molecular formula is C32H43N5O9S. The van der Waals surface area contributed by atoms with Crippen molar-refractivity contribution in [3.8, 4) is 0 Å². The van der Waals surface area contributed by atoms with Crippen LogP contribution in [-0.2, 0) is 33.9 Å². The number of nitrogens with one attached hydrogen (secondary N) is 3. The standard InChI is InChI=1S/C32H43N5O9S/c1-31(2,3)46-30(42)34-24-12-8-6-4-5-7-11-21-17-32(21,29(41)36-47(43,44)23-13-14-23)35-26(38)25-16-22(19-37(25)27(24)39)45-28(40)20-10-9-15-33-18-20/h7,9-11,15,18,21-25H,4-6,8,12-14,16-17,19H2,1-3H3,(H,34,42)(H,35,38)(H,36,41)/b11-7-/t21-,22-,24+,25+,32-/m1/s1. The summed E-state index contributed by atoms with van der Waals surface area (Å²) in [7, 11) is -3.89. The van der Waals surface area contributed by atoms with Crippen LogP contribution in [-0.4, -0.2) is 89.2 Å². The van der Waals surface area contributed by atoms with E-state index in [9.17, 15) is 32.4 Å². The smallest absolute Gasteiger partial charge is 0.408 e. The van der Waals surface area contributed by atoms with E-state index in [2.05, 4.69) is 20.3 Å². The minimum atomic E-state index is -3.89. The third-order valence-corrected chi connectivity index (χ3v) is 10.5. The van der Waals surface area contributed by atoms with E-state index in [0.717, 1.165) is 12.8 Å². The average molecular weight is 674 g/mol. The molecule has 0 unspecified atom stereocenters. The Kier molecular flexibility index (Phi) is 9.94. The number of ether oxygens (including phenoxy) is 2. The Morgan fingerprint density at radius 2 is 1.87 bits per heavy atom. The highest BCUT2D eigenvalue weighted by atomic mass is 32.2. The monoisotopic (exact) mass is 673 g/mol. The molecule has 5 atom stereocenters. The topological polar surface area (TPSA) is 190 Å². The van der Waals surface area contributed by atoms with E-state index >= 15 is 0 Å². The van der Waals surface area contributed by atoms with E-state index in [1.165, 1.54) is 23.4 Å². The summed E-state index contributed by atoms with van der Waals surface area (Å²) in [5.74, 6) is -3.21. The first-order valence-corrected chi connectivity index (χ1v) is 17.7. The summed E-state index contributed by atoms with van der Waals surface area (Å²) >= 11 is 0. The van der Waals surface area contributed by atoms with Gasteiger partial charge in [-0.25, -0.2) is 18.0 Å². The van der Waals surface area contributed by atoms with Crippen LogP contribution < -0.4 is 15.4 Å². The predicted molar refractivity (Wildman–Crippen MR) is 168 cm³/mol. The zero-order valence-electron chi connectivity index (χ0n) is 26.9. The van der Waals surface area contributed by atoms with Gasteiger partial charge >= 0.3 is 12.1 Å². The summed E-state index contributed by atoms with van der Waals surface area (Å²) in [6.45, 7) is 4.96. The van der Waals surface area contributed by atoms with Gasteiger partial charge < -0.3 is 25.0 Å². The van der Waals surface area contributed by atoms with Crippen molar-refractivity contribution in [2.75, 3.05) is 6.54 Å². The maximum Gasteiger partial charge on any atom is 0.408 e. The van der Waals surface area contributed by atoms with Crippen LogP contribution in [0.1, 0.15) is 88.9 Å². The molecule has 0 bridgehead atoms. The molecule has 1 aromatic heterocycles. The molecule has 2 aliphatic carbocycles. The molecule has 1 aromatic rings. The van der Waals surface area contributed by atoms with E-state index < -0.39 is 80.3 Å². The maximum absolute atomic E-state index is 14.1. The first kappa shape index (κ1) is 34.3. The Bertz CT molecular complexity index is 1520. The highest BCUT2D eigenvalue weighted by Crippen LogP contribution is 2.46. The van der Waals surface area contributed by atoms with Gasteiger partial charge in [0, 0.05) is 24.7 Å². The van der Waals surface area contributed by atoms with E-state index in [4.69, 9.17) is 9.47 Å². The number of pyridine rings is 1. The molecule has 3 fully saturated rings. The van der Waals surface area contributed by atoms with Gasteiger partial charge in [-0.05, 0) is 71.4 Å². The van der Waals surface area contributed by atoms with Crippen molar-refractivity contribution in [2.45, 2.75) is 113 Å². The Labute approximate surface area is 274 Å². The number of hydrogen-bond acceptors (Lipinski definition) is 10. The molecule has 15 heteroatoms. The highest BCUT2D eigenvalue weighted by molar-refractivity contribution is 7.91. The summed E-state index contributed by atoms with van der Waals surface area (Å²) in [6, 6.07) is 0.884. The van der Waals surface area contributed by atoms with Crippen LogP contribution in [0, 0.1) is 5.92 Å². The number of alkyl carbamates (subject to hydrolysis) is 1. The molecule has 2 aliphatic heterocycles. The largest absolute Gasteiger partial charge is 0.457 e. The third-order valence-electron chi connectivity index (χ3n) is 8.70. The number of carbonyl (C=O) groups is 5. The van der Waals surface area contributed by atoms with Crippen molar-refractivity contribution in [1.29, 1.82) is 0 Å². The van der Waals surface area contributed by atoms with Crippen LogP contribution in [0.15, 0.2) is 36.7 Å². The van der Waals surface area contributed by atoms with Crippen LogP contribution in [0.2, 0.25) is 0 Å². The van der Waals surface area contributed by atoms with Gasteiger partial charge in [0.05, 0.1) is 17.4 Å². The number of sulfonamides is 1. The zero-order valence-corrected chi connectivity index (χ0v) is 27.7. The summed E-state index contributed by atoms with van der Waals surface area (Å²) < 4.78 is 38.6. The second-order valence-corrected chi connectivity index (χ2v) is 15.7. The Morgan fingerprint density at radius 1 is 1.11 bits per heavy atom. The average Bonchev–Trinajstić information content (AvgIpc) is 3.92. The molecule has 1 saturated heterocycles. The van der Waals surface area contributed by atoms with Crippen molar-refractivity contribution in [3.05, 3.63) is 42.2 Å². The van der Waals surface area contributed by atoms with Crippen LogP contribution in [0.4, 0.5) is 4.79 Å². The van der Waals surface area contributed by atoms with E-state index in [0.29, 0.717) is 25.7 Å². The summed E-state index contributed by atoms with van der Waals surface area (Å²) in [5.41, 5.74) is -2.15. The van der Waals surface area contributed by atoms with Gasteiger partial charge in [0.15, 0.2) is 0 Å². The van der Waals surface area contributed by atoms with Crippen LogP contribution in [0.5, 0.6) is 0 Å². The molecule has 256 valence electrons. The van der Waals surface area contributed by atoms with Gasteiger partial charge in [-0.3, -0.25) is 24.1 Å². The van der Waals surface area contributed by atoms with Crippen molar-refractivity contribution in [3.63, 3.8) is 0 Å². The van der Waals surface area contributed by atoms with Crippen molar-refractivity contribution in [2.24, 2.45) is 5.92 Å². The number of fused-ring (bicyclic) bond motifs is 2. The lowest BCUT2D eigenvalue weighted by molar-refractivity contribution is -0.141. The molecule has 5 rings (SSSR count). The number of rotatable bonds is 6. The molecule has 0 aromatic carbocycles. The first-order valence-electron chi connectivity index (χ1n) is 16.1. The number of carbonyl (C=O) groups excluding carboxylic acids is 5. The number of esters is 1. The minimum Gasteiger partial charge on any atom is -0.457 e. The Morgan fingerprint density at radius 3 is 2.55 bits per heavy atom. The van der Waals surface area contributed by atoms with Gasteiger partial charge in [-0.1, -0.05) is 25.0 Å². The number of amides is 4. The lowest BCUT2D eigenvalue weighted by Crippen LogP contribution is -2.58. The van der Waals surface area contributed by atoms with Crippen LogP contribution in [0.3, 0.4) is 0 Å². The molecular weight excluding hydrogens is 630 g/mol. The lowest BCUT2D eigenvalue weighted by Gasteiger charge is -2.30. The normalized spacial score (nSPS) is 29.1. The molecule has 47 heavy (non-hydrogen) atoms. The molecule has 4 amide bonds. The Balaban J connectivity index is 1.42. The van der Waals surface area contributed by atoms with E-state index in [1.807, 2.05) is 12.2 Å². The number of nitrogens with zero attached hydrogens (tertiary/aromatic N) is 2. The Hall–Kier alpha value is -4.01. The van der Waals surface area contributed by atoms with Gasteiger partial charge in [-0.15, -0.1) is 0 Å². The minimum absolute atomic E-state index is 0.0820. The van der Waals surface area contributed by atoms with Gasteiger partial charge in [0.1, 0.15) is 29.3 Å². The SMILES string of the molecule is CC(C)(C)OC(=O)N[C@H]1CCCCC/C=C\[C@@H]2C[C@@]2(C(=O)NS(=O)(=O)C2CC2)NC(=O)[C@@H]2C[C@@H](OC(=O)c3cccnc3)CN2C1=O. The van der Waals surface area contributed by atoms with Gasteiger partial charge in [0.2, 0.25) is 21.8 Å². The molecule has 3 N–H and O–H groups in total. The fraction of sp³-hybridized carbons (Fsp3) is 0.625. The van der Waals surface area contributed by atoms with E-state index in [1.54, 1.807) is 26.8 Å². The van der Waals surface area contributed by atoms with Crippen LogP contribution >= 0.6 is 0 Å². The highest BCUT2D eigenvalue weighted by Gasteiger charge is 2.62. The van der Waals surface area contributed by atoms with Crippen molar-refractivity contribution >= 4 is 39.8 Å². The summed E-state index contributed by atoms with van der Waals surface area (Å²) in [4.78, 5) is 72.6. The predicted octanol–water partition coefficient (Wildman–Crippen LogP) is 2.10. The van der Waals surface area contributed by atoms with Crippen LogP contribution in [0.25, 0.3) is 0 Å². The number of aromatic nitrogens is 1. The quantitative estimate of drug-likeness (QED) is 0.298. The number of allylic oxidation sites excluding steroid dienone is 1. The molecule has 2 saturated carbocycles. The summed E-state index contributed by atoms with van der Waals surface area (Å²) in [6.07, 6.45) is 9.01. The van der Waals surface area contributed by atoms with Crippen molar-refractivity contribution < 1.29 is 41.9 Å². The van der Waals surface area contributed by atoms with E-state index in [-0.39, 0.29) is 31.4 Å². The maximum atomic E-state index is 14.1. The lowest BCUT2D eigenvalue weighted by atomic mass is 10.0. The second-order valence-electron chi connectivity index (χ2n) is 13.7. The van der Waals surface area contributed by atoms with Gasteiger partial charge in [0.25, 0.3) is 5.91 Å². The van der Waals surface area contributed by atoms with Crippen molar-refractivity contribution in [1.82, 2.24) is 25.2 Å². The zero-order chi connectivity index (χ0) is 34.0. The number of hydrogen-bond donors (Lipinski definition) is 3. The molecule has 4 aliphatic rings. The fourth-order valence-electron chi connectivity index (χ4n) is 6.00. The molecule has 3 heterocycles. The third kappa shape index (κ3) is 8.48. The second kappa shape index (κ2) is 13.6.